The maximum absolute atomic E-state index is 13.3. The molecule has 148 valence electrons. The Hall–Kier alpha value is -1.44. The zero-order valence-electron chi connectivity index (χ0n) is 16.0. The van der Waals surface area contributed by atoms with E-state index in [9.17, 15) is 13.2 Å². The van der Waals surface area contributed by atoms with Crippen LogP contribution in [0.15, 0.2) is 30.3 Å². The Morgan fingerprint density at radius 1 is 0.963 bits per heavy atom. The number of piperidine rings is 1. The second-order valence-corrected chi connectivity index (χ2v) is 10.1. The molecule has 3 aliphatic rings. The first kappa shape index (κ1) is 18.9. The molecule has 0 N–H and O–H groups in total. The second-order valence-electron chi connectivity index (χ2n) is 8.12. The highest BCUT2D eigenvalue weighted by Gasteiger charge is 2.40. The molecule has 0 spiro atoms. The lowest BCUT2D eigenvalue weighted by Gasteiger charge is -2.44. The zero-order chi connectivity index (χ0) is 19.0. The van der Waals surface area contributed by atoms with Crippen LogP contribution in [-0.2, 0) is 14.8 Å². The van der Waals surface area contributed by atoms with E-state index in [2.05, 4.69) is 21.9 Å². The summed E-state index contributed by atoms with van der Waals surface area (Å²) in [5.74, 6) is 0.133. The molecule has 1 aromatic rings. The van der Waals surface area contributed by atoms with E-state index in [-0.39, 0.29) is 17.9 Å². The number of carbonyl (C=O) groups is 1. The molecule has 0 aromatic heterocycles. The van der Waals surface area contributed by atoms with Crippen molar-refractivity contribution in [3.8, 4) is 0 Å². The first-order valence-electron chi connectivity index (χ1n) is 9.98. The van der Waals surface area contributed by atoms with Gasteiger partial charge in [-0.3, -0.25) is 9.69 Å². The molecular formula is C20H29N3O3S. The summed E-state index contributed by atoms with van der Waals surface area (Å²) in [6.07, 6.45) is 5.04. The van der Waals surface area contributed by atoms with Gasteiger partial charge in [-0.1, -0.05) is 30.3 Å². The monoisotopic (exact) mass is 391 g/mol. The molecule has 1 aromatic carbocycles. The van der Waals surface area contributed by atoms with Gasteiger partial charge < -0.3 is 4.90 Å². The number of benzene rings is 1. The van der Waals surface area contributed by atoms with E-state index in [0.29, 0.717) is 32.0 Å². The number of sulfonamides is 1. The average Bonchev–Trinajstić information content (AvgIpc) is 3.52. The summed E-state index contributed by atoms with van der Waals surface area (Å²) in [5, 5.41) is 0. The fourth-order valence-electron chi connectivity index (χ4n) is 4.47. The molecule has 7 heteroatoms. The molecule has 6 nitrogen and oxygen atoms in total. The number of carbonyl (C=O) groups excluding carboxylic acids is 1. The molecular weight excluding hydrogens is 362 g/mol. The van der Waals surface area contributed by atoms with Crippen molar-refractivity contribution >= 4 is 15.9 Å². The third kappa shape index (κ3) is 4.20. The number of nitrogens with zero attached hydrogens (tertiary/aromatic N) is 3. The molecule has 0 bridgehead atoms. The Kier molecular flexibility index (Phi) is 5.27. The summed E-state index contributed by atoms with van der Waals surface area (Å²) in [7, 11) is -3.16. The topological polar surface area (TPSA) is 60.9 Å². The van der Waals surface area contributed by atoms with E-state index < -0.39 is 10.0 Å². The SMILES string of the molecule is CS(=O)(=O)N1CCC(C(=O)N2CCN(C3CC3)CC2c2ccccc2)CC1. The highest BCUT2D eigenvalue weighted by molar-refractivity contribution is 7.88. The van der Waals surface area contributed by atoms with Crippen LogP contribution in [0.25, 0.3) is 0 Å². The van der Waals surface area contributed by atoms with Crippen molar-refractivity contribution in [1.82, 2.24) is 14.1 Å². The van der Waals surface area contributed by atoms with Crippen molar-refractivity contribution in [3.05, 3.63) is 35.9 Å². The lowest BCUT2D eigenvalue weighted by Crippen LogP contribution is -2.53. The average molecular weight is 392 g/mol. The molecule has 3 fully saturated rings. The summed E-state index contributed by atoms with van der Waals surface area (Å²) in [6.45, 7) is 3.52. The predicted molar refractivity (Wildman–Crippen MR) is 105 cm³/mol. The molecule has 4 rings (SSSR count). The Bertz CT molecular complexity index is 771. The van der Waals surface area contributed by atoms with Crippen LogP contribution in [-0.4, -0.2) is 73.5 Å². The van der Waals surface area contributed by atoms with Crippen LogP contribution >= 0.6 is 0 Å². The molecule has 2 heterocycles. The third-order valence-corrected chi connectivity index (χ3v) is 7.52. The van der Waals surface area contributed by atoms with Gasteiger partial charge in [0.1, 0.15) is 0 Å². The van der Waals surface area contributed by atoms with Crippen LogP contribution in [0.1, 0.15) is 37.3 Å². The van der Waals surface area contributed by atoms with Crippen LogP contribution in [0.5, 0.6) is 0 Å². The fourth-order valence-corrected chi connectivity index (χ4v) is 5.34. The van der Waals surface area contributed by atoms with E-state index in [1.165, 1.54) is 29.0 Å². The molecule has 1 saturated carbocycles. The van der Waals surface area contributed by atoms with E-state index in [1.807, 2.05) is 18.2 Å². The lowest BCUT2D eigenvalue weighted by atomic mass is 9.93. The number of piperazine rings is 1. The Labute approximate surface area is 162 Å². The Balaban J connectivity index is 1.48. The smallest absolute Gasteiger partial charge is 0.226 e. The van der Waals surface area contributed by atoms with Gasteiger partial charge in [0, 0.05) is 44.7 Å². The largest absolute Gasteiger partial charge is 0.333 e. The predicted octanol–water partition coefficient (Wildman–Crippen LogP) is 1.71. The minimum Gasteiger partial charge on any atom is -0.333 e. The third-order valence-electron chi connectivity index (χ3n) is 6.21. The van der Waals surface area contributed by atoms with Crippen LogP contribution in [0, 0.1) is 5.92 Å². The summed E-state index contributed by atoms with van der Waals surface area (Å²) in [6, 6.07) is 11.1. The maximum Gasteiger partial charge on any atom is 0.226 e. The number of rotatable bonds is 4. The van der Waals surface area contributed by atoms with E-state index in [4.69, 9.17) is 0 Å². The van der Waals surface area contributed by atoms with Crippen LogP contribution in [0.3, 0.4) is 0 Å². The maximum atomic E-state index is 13.3. The van der Waals surface area contributed by atoms with Crippen molar-refractivity contribution < 1.29 is 13.2 Å². The molecule has 0 radical (unpaired) electrons. The van der Waals surface area contributed by atoms with Crippen LogP contribution in [0.4, 0.5) is 0 Å². The molecule has 2 saturated heterocycles. The van der Waals surface area contributed by atoms with E-state index in [1.54, 1.807) is 0 Å². The van der Waals surface area contributed by atoms with Gasteiger partial charge in [0.25, 0.3) is 0 Å². The minimum atomic E-state index is -3.16. The first-order chi connectivity index (χ1) is 12.9. The van der Waals surface area contributed by atoms with Gasteiger partial charge in [-0.25, -0.2) is 12.7 Å². The van der Waals surface area contributed by atoms with Crippen molar-refractivity contribution in [1.29, 1.82) is 0 Å². The highest BCUT2D eigenvalue weighted by atomic mass is 32.2. The van der Waals surface area contributed by atoms with E-state index in [0.717, 1.165) is 19.6 Å². The molecule has 1 atom stereocenters. The summed E-state index contributed by atoms with van der Waals surface area (Å²) < 4.78 is 25.0. The molecule has 2 aliphatic heterocycles. The molecule has 1 amide bonds. The number of hydrogen-bond donors (Lipinski definition) is 0. The molecule has 1 aliphatic carbocycles. The quantitative estimate of drug-likeness (QED) is 0.784. The van der Waals surface area contributed by atoms with Gasteiger partial charge in [0.05, 0.1) is 12.3 Å². The Morgan fingerprint density at radius 3 is 2.22 bits per heavy atom. The van der Waals surface area contributed by atoms with Gasteiger partial charge >= 0.3 is 0 Å². The van der Waals surface area contributed by atoms with Crippen molar-refractivity contribution in [2.45, 2.75) is 37.8 Å². The standard InChI is InChI=1S/C20H29N3O3S/c1-27(25,26)22-11-9-17(10-12-22)20(24)23-14-13-21(18-7-8-18)15-19(23)16-5-3-2-4-6-16/h2-6,17-19H,7-15H2,1H3. The summed E-state index contributed by atoms with van der Waals surface area (Å²) >= 11 is 0. The zero-order valence-corrected chi connectivity index (χ0v) is 16.8. The second kappa shape index (κ2) is 7.53. The van der Waals surface area contributed by atoms with Gasteiger partial charge in [0.2, 0.25) is 15.9 Å². The number of amides is 1. The first-order valence-corrected chi connectivity index (χ1v) is 11.8. The lowest BCUT2D eigenvalue weighted by molar-refractivity contribution is -0.142. The van der Waals surface area contributed by atoms with Gasteiger partial charge in [-0.15, -0.1) is 0 Å². The van der Waals surface area contributed by atoms with Gasteiger partial charge in [-0.2, -0.15) is 0 Å². The minimum absolute atomic E-state index is 0.0679. The number of hydrogen-bond acceptors (Lipinski definition) is 4. The van der Waals surface area contributed by atoms with Crippen molar-refractivity contribution in [2.24, 2.45) is 5.92 Å². The van der Waals surface area contributed by atoms with Crippen LogP contribution < -0.4 is 0 Å². The van der Waals surface area contributed by atoms with E-state index >= 15 is 0 Å². The summed E-state index contributed by atoms with van der Waals surface area (Å²) in [5.41, 5.74) is 1.20. The van der Waals surface area contributed by atoms with Crippen LogP contribution in [0.2, 0.25) is 0 Å². The van der Waals surface area contributed by atoms with Crippen molar-refractivity contribution in [3.63, 3.8) is 0 Å². The Morgan fingerprint density at radius 2 is 1.63 bits per heavy atom. The molecule has 27 heavy (non-hydrogen) atoms. The fraction of sp³-hybridized carbons (Fsp3) is 0.650. The van der Waals surface area contributed by atoms with Crippen molar-refractivity contribution in [2.75, 3.05) is 39.0 Å². The summed E-state index contributed by atoms with van der Waals surface area (Å²) in [4.78, 5) is 17.9. The normalized spacial score (nSPS) is 26.3. The van der Waals surface area contributed by atoms with Gasteiger partial charge in [-0.05, 0) is 31.2 Å². The van der Waals surface area contributed by atoms with Gasteiger partial charge in [0.15, 0.2) is 0 Å². The molecule has 1 unspecified atom stereocenters. The highest BCUT2D eigenvalue weighted by Crippen LogP contribution is 2.35.